The molecule has 3 aromatic rings. The molecule has 0 spiro atoms. The highest BCUT2D eigenvalue weighted by Gasteiger charge is 2.28. The molecule has 4 rings (SSSR count). The third-order valence-electron chi connectivity index (χ3n) is 5.54. The van der Waals surface area contributed by atoms with E-state index < -0.39 is 0 Å². The number of hydrogen-bond acceptors (Lipinski definition) is 5. The van der Waals surface area contributed by atoms with Crippen LogP contribution in [0.15, 0.2) is 36.4 Å². The predicted molar refractivity (Wildman–Crippen MR) is 109 cm³/mol. The van der Waals surface area contributed by atoms with Crippen LogP contribution in [0.1, 0.15) is 36.3 Å². The fourth-order valence-electron chi connectivity index (χ4n) is 4.00. The third kappa shape index (κ3) is 3.32. The van der Waals surface area contributed by atoms with Crippen LogP contribution in [-0.2, 0) is 4.79 Å². The van der Waals surface area contributed by atoms with Crippen molar-refractivity contribution in [1.82, 2.24) is 24.5 Å². The first-order chi connectivity index (χ1) is 13.6. The van der Waals surface area contributed by atoms with E-state index in [2.05, 4.69) is 33.1 Å². The summed E-state index contributed by atoms with van der Waals surface area (Å²) in [5, 5.41) is 8.27. The van der Waals surface area contributed by atoms with E-state index in [4.69, 9.17) is 0 Å². The molecule has 3 heterocycles. The largest absolute Gasteiger partial charge is 0.353 e. The molecular weight excluding hydrogens is 352 g/mol. The van der Waals surface area contributed by atoms with Gasteiger partial charge in [-0.15, -0.1) is 10.2 Å². The van der Waals surface area contributed by atoms with Crippen LogP contribution >= 0.6 is 0 Å². The van der Waals surface area contributed by atoms with Crippen LogP contribution < -0.4 is 4.90 Å². The van der Waals surface area contributed by atoms with Gasteiger partial charge in [0.1, 0.15) is 11.6 Å². The summed E-state index contributed by atoms with van der Waals surface area (Å²) in [5.41, 5.74) is 2.17. The lowest BCUT2D eigenvalue weighted by Gasteiger charge is -2.37. The molecular formula is C21H26N6O. The van der Waals surface area contributed by atoms with Crippen molar-refractivity contribution < 1.29 is 4.79 Å². The SMILES string of the molecule is CC[C@@H](C(=O)N1CCN(c2cc(C)n3c(C)nnc3n2)CC1)c1ccccc1. The number of carbonyl (C=O) groups is 1. The number of benzene rings is 1. The molecule has 0 unspecified atom stereocenters. The van der Waals surface area contributed by atoms with Crippen LogP contribution in [0.25, 0.3) is 5.78 Å². The van der Waals surface area contributed by atoms with Crippen LogP contribution in [0.4, 0.5) is 5.82 Å². The summed E-state index contributed by atoms with van der Waals surface area (Å²) in [6.45, 7) is 9.00. The summed E-state index contributed by atoms with van der Waals surface area (Å²) in [6.07, 6.45) is 0.812. The molecule has 1 saturated heterocycles. The van der Waals surface area contributed by atoms with Crippen LogP contribution in [-0.4, -0.2) is 56.6 Å². The van der Waals surface area contributed by atoms with Crippen molar-refractivity contribution in [3.05, 3.63) is 53.5 Å². The zero-order valence-electron chi connectivity index (χ0n) is 16.7. The van der Waals surface area contributed by atoms with Gasteiger partial charge in [0.15, 0.2) is 0 Å². The minimum absolute atomic E-state index is 0.0663. The van der Waals surface area contributed by atoms with Gasteiger partial charge in [-0.2, -0.15) is 4.98 Å². The molecule has 1 amide bonds. The number of carbonyl (C=O) groups excluding carboxylic acids is 1. The molecule has 0 saturated carbocycles. The Balaban J connectivity index is 1.46. The first-order valence-corrected chi connectivity index (χ1v) is 9.86. The molecule has 0 radical (unpaired) electrons. The van der Waals surface area contributed by atoms with E-state index in [0.29, 0.717) is 18.9 Å². The molecule has 0 bridgehead atoms. The van der Waals surface area contributed by atoms with Crippen molar-refractivity contribution >= 4 is 17.5 Å². The van der Waals surface area contributed by atoms with Gasteiger partial charge in [0.25, 0.3) is 5.78 Å². The summed E-state index contributed by atoms with van der Waals surface area (Å²) in [5.74, 6) is 2.53. The highest BCUT2D eigenvalue weighted by atomic mass is 16.2. The second kappa shape index (κ2) is 7.58. The van der Waals surface area contributed by atoms with E-state index in [-0.39, 0.29) is 11.8 Å². The summed E-state index contributed by atoms with van der Waals surface area (Å²) in [6, 6.07) is 12.1. The maximum Gasteiger partial charge on any atom is 0.257 e. The summed E-state index contributed by atoms with van der Waals surface area (Å²) in [4.78, 5) is 22.0. The summed E-state index contributed by atoms with van der Waals surface area (Å²) in [7, 11) is 0. The lowest BCUT2D eigenvalue weighted by molar-refractivity contribution is -0.133. The lowest BCUT2D eigenvalue weighted by Crippen LogP contribution is -2.50. The fourth-order valence-corrected chi connectivity index (χ4v) is 4.00. The number of hydrogen-bond donors (Lipinski definition) is 0. The number of amides is 1. The first kappa shape index (κ1) is 18.4. The zero-order chi connectivity index (χ0) is 19.7. The Morgan fingerprint density at radius 3 is 2.46 bits per heavy atom. The van der Waals surface area contributed by atoms with Gasteiger partial charge < -0.3 is 9.80 Å². The first-order valence-electron chi connectivity index (χ1n) is 9.86. The van der Waals surface area contributed by atoms with Crippen molar-refractivity contribution in [3.8, 4) is 0 Å². The van der Waals surface area contributed by atoms with Gasteiger partial charge >= 0.3 is 0 Å². The normalized spacial score (nSPS) is 15.8. The second-order valence-electron chi connectivity index (χ2n) is 7.32. The molecule has 0 N–H and O–H groups in total. The van der Waals surface area contributed by atoms with Crippen LogP contribution in [0.3, 0.4) is 0 Å². The molecule has 1 aliphatic rings. The minimum Gasteiger partial charge on any atom is -0.353 e. The van der Waals surface area contributed by atoms with E-state index in [1.165, 1.54) is 0 Å². The van der Waals surface area contributed by atoms with Gasteiger partial charge in [0, 0.05) is 37.9 Å². The number of fused-ring (bicyclic) bond motifs is 1. The number of piperazine rings is 1. The second-order valence-corrected chi connectivity index (χ2v) is 7.32. The monoisotopic (exact) mass is 378 g/mol. The number of aromatic nitrogens is 4. The van der Waals surface area contributed by atoms with Crippen molar-refractivity contribution in [3.63, 3.8) is 0 Å². The van der Waals surface area contributed by atoms with Gasteiger partial charge in [0.2, 0.25) is 5.91 Å². The average Bonchev–Trinajstić information content (AvgIpc) is 3.11. The highest BCUT2D eigenvalue weighted by Crippen LogP contribution is 2.24. The third-order valence-corrected chi connectivity index (χ3v) is 5.54. The Bertz CT molecular complexity index is 975. The summed E-state index contributed by atoms with van der Waals surface area (Å²) >= 11 is 0. The Morgan fingerprint density at radius 2 is 1.79 bits per heavy atom. The minimum atomic E-state index is -0.0663. The van der Waals surface area contributed by atoms with E-state index in [0.717, 1.165) is 42.4 Å². The molecule has 28 heavy (non-hydrogen) atoms. The molecule has 7 heteroatoms. The molecule has 1 aromatic carbocycles. The van der Waals surface area contributed by atoms with Gasteiger partial charge in [0.05, 0.1) is 5.92 Å². The Kier molecular flexibility index (Phi) is 4.98. The van der Waals surface area contributed by atoms with Crippen LogP contribution in [0.2, 0.25) is 0 Å². The molecule has 2 aromatic heterocycles. The van der Waals surface area contributed by atoms with E-state index >= 15 is 0 Å². The quantitative estimate of drug-likeness (QED) is 0.698. The zero-order valence-corrected chi connectivity index (χ0v) is 16.7. The maximum absolute atomic E-state index is 13.1. The van der Waals surface area contributed by atoms with Crippen LogP contribution in [0, 0.1) is 13.8 Å². The topological polar surface area (TPSA) is 66.6 Å². The number of nitrogens with zero attached hydrogens (tertiary/aromatic N) is 6. The van der Waals surface area contributed by atoms with Crippen molar-refractivity contribution in [1.29, 1.82) is 0 Å². The molecule has 146 valence electrons. The van der Waals surface area contributed by atoms with E-state index in [1.54, 1.807) is 0 Å². The van der Waals surface area contributed by atoms with Gasteiger partial charge in [-0.1, -0.05) is 37.3 Å². The summed E-state index contributed by atoms with van der Waals surface area (Å²) < 4.78 is 1.95. The van der Waals surface area contributed by atoms with Crippen LogP contribution in [0.5, 0.6) is 0 Å². The van der Waals surface area contributed by atoms with Crippen molar-refractivity contribution in [2.75, 3.05) is 31.1 Å². The number of rotatable bonds is 4. The molecule has 1 atom stereocenters. The van der Waals surface area contributed by atoms with Gasteiger partial charge in [-0.25, -0.2) is 0 Å². The van der Waals surface area contributed by atoms with E-state index in [9.17, 15) is 4.79 Å². The maximum atomic E-state index is 13.1. The molecule has 1 aliphatic heterocycles. The van der Waals surface area contributed by atoms with Crippen molar-refractivity contribution in [2.45, 2.75) is 33.1 Å². The standard InChI is InChI=1S/C21H26N6O/c1-4-18(17-8-6-5-7-9-17)20(28)26-12-10-25(11-13-26)19-14-15(2)27-16(3)23-24-21(27)22-19/h5-9,14,18H,4,10-13H2,1-3H3/t18-/m1/s1. The molecule has 0 aliphatic carbocycles. The van der Waals surface area contributed by atoms with Crippen molar-refractivity contribution in [2.24, 2.45) is 0 Å². The Hall–Kier alpha value is -2.96. The predicted octanol–water partition coefficient (Wildman–Crippen LogP) is 2.58. The Morgan fingerprint density at radius 1 is 1.07 bits per heavy atom. The Labute approximate surface area is 165 Å². The highest BCUT2D eigenvalue weighted by molar-refractivity contribution is 5.84. The number of aryl methyl sites for hydroxylation is 2. The van der Waals surface area contributed by atoms with E-state index in [1.807, 2.05) is 53.5 Å². The van der Waals surface area contributed by atoms with Gasteiger partial charge in [-0.3, -0.25) is 9.20 Å². The average molecular weight is 378 g/mol. The number of anilines is 1. The van der Waals surface area contributed by atoms with Gasteiger partial charge in [-0.05, 0) is 25.8 Å². The lowest BCUT2D eigenvalue weighted by atomic mass is 9.95. The fraction of sp³-hybridized carbons (Fsp3) is 0.429. The molecule has 1 fully saturated rings. The molecule has 7 nitrogen and oxygen atoms in total. The smallest absolute Gasteiger partial charge is 0.257 e.